The zero-order chi connectivity index (χ0) is 24.6. The Morgan fingerprint density at radius 2 is 1.79 bits per heavy atom. The lowest BCUT2D eigenvalue weighted by molar-refractivity contribution is -0.125. The van der Waals surface area contributed by atoms with Gasteiger partial charge in [0.2, 0.25) is 0 Å². The predicted molar refractivity (Wildman–Crippen MR) is 122 cm³/mol. The van der Waals surface area contributed by atoms with Crippen LogP contribution in [0.3, 0.4) is 0 Å². The number of fused-ring (bicyclic) bond motifs is 1. The van der Waals surface area contributed by atoms with E-state index in [0.717, 1.165) is 0 Å². The molecule has 1 fully saturated rings. The Labute approximate surface area is 192 Å². The SMILES string of the molecule is CC(C)(C)OC(=O)N1CCC(c2cc(=O)[nH]c3c(C(=O)NCC(=O)C(C)(C)C)cnn23)CC1. The van der Waals surface area contributed by atoms with Crippen LogP contribution in [0.1, 0.15) is 76.4 Å². The number of carbonyl (C=O) groups is 3. The lowest BCUT2D eigenvalue weighted by Crippen LogP contribution is -2.41. The standard InChI is InChI=1S/C23H33N5O5/c1-22(2,3)17(29)13-24-20(31)15-12-25-28-16(11-18(30)26-19(15)28)14-7-9-27(10-8-14)21(32)33-23(4,5)6/h11-12,14H,7-10,13H2,1-6H3,(H,24,31)(H,26,30). The van der Waals surface area contributed by atoms with E-state index >= 15 is 0 Å². The maximum absolute atomic E-state index is 12.7. The van der Waals surface area contributed by atoms with Gasteiger partial charge in [0.05, 0.1) is 18.4 Å². The van der Waals surface area contributed by atoms with E-state index in [4.69, 9.17) is 4.74 Å². The molecule has 0 unspecified atom stereocenters. The molecule has 0 bridgehead atoms. The molecule has 0 spiro atoms. The molecule has 3 heterocycles. The van der Waals surface area contributed by atoms with Gasteiger partial charge in [-0.05, 0) is 33.6 Å². The number of Topliss-reactive ketones (excluding diaryl/α,β-unsaturated/α-hetero) is 1. The minimum atomic E-state index is -0.565. The van der Waals surface area contributed by atoms with Crippen molar-refractivity contribution in [3.63, 3.8) is 0 Å². The van der Waals surface area contributed by atoms with Crippen molar-refractivity contribution >= 4 is 23.4 Å². The molecule has 180 valence electrons. The Kier molecular flexibility index (Phi) is 6.67. The maximum Gasteiger partial charge on any atom is 0.410 e. The number of aromatic amines is 1. The van der Waals surface area contributed by atoms with E-state index in [9.17, 15) is 19.2 Å². The number of rotatable bonds is 4. The van der Waals surface area contributed by atoms with Gasteiger partial charge in [-0.2, -0.15) is 5.10 Å². The number of likely N-dealkylation sites (tertiary alicyclic amines) is 1. The summed E-state index contributed by atoms with van der Waals surface area (Å²) in [5.41, 5.74) is -0.301. The van der Waals surface area contributed by atoms with Crippen molar-refractivity contribution in [1.82, 2.24) is 24.8 Å². The van der Waals surface area contributed by atoms with Crippen LogP contribution in [0.25, 0.3) is 5.65 Å². The molecule has 0 aromatic carbocycles. The molecule has 2 N–H and O–H groups in total. The first-order valence-electron chi connectivity index (χ1n) is 11.2. The van der Waals surface area contributed by atoms with Crippen LogP contribution < -0.4 is 10.9 Å². The van der Waals surface area contributed by atoms with Gasteiger partial charge >= 0.3 is 6.09 Å². The Hall–Kier alpha value is -3.17. The molecule has 1 aliphatic rings. The van der Waals surface area contributed by atoms with Gasteiger partial charge in [-0.1, -0.05) is 20.8 Å². The molecule has 33 heavy (non-hydrogen) atoms. The first kappa shape index (κ1) is 24.5. The van der Waals surface area contributed by atoms with Gasteiger partial charge in [0, 0.05) is 30.5 Å². The average Bonchev–Trinajstić information content (AvgIpc) is 3.13. The highest BCUT2D eigenvalue weighted by Gasteiger charge is 2.30. The second-order valence-corrected chi connectivity index (χ2v) is 10.5. The molecule has 2 aromatic heterocycles. The summed E-state index contributed by atoms with van der Waals surface area (Å²) in [4.78, 5) is 53.9. The van der Waals surface area contributed by atoms with Crippen LogP contribution in [0, 0.1) is 5.41 Å². The first-order valence-corrected chi connectivity index (χ1v) is 11.2. The number of amides is 2. The summed E-state index contributed by atoms with van der Waals surface area (Å²) in [6, 6.07) is 1.48. The zero-order valence-electron chi connectivity index (χ0n) is 20.2. The number of ketones is 1. The summed E-state index contributed by atoms with van der Waals surface area (Å²) in [7, 11) is 0. The predicted octanol–water partition coefficient (Wildman–Crippen LogP) is 2.48. The minimum Gasteiger partial charge on any atom is -0.444 e. The van der Waals surface area contributed by atoms with Crippen molar-refractivity contribution in [2.45, 2.75) is 65.9 Å². The molecule has 0 radical (unpaired) electrons. The molecule has 2 aromatic rings. The maximum atomic E-state index is 12.7. The Bertz CT molecular complexity index is 1110. The molecule has 1 aliphatic heterocycles. The molecule has 10 nitrogen and oxygen atoms in total. The number of nitrogens with one attached hydrogen (secondary N) is 2. The fourth-order valence-electron chi connectivity index (χ4n) is 3.67. The highest BCUT2D eigenvalue weighted by molar-refractivity contribution is 6.01. The topological polar surface area (TPSA) is 126 Å². The monoisotopic (exact) mass is 459 g/mol. The van der Waals surface area contributed by atoms with Crippen molar-refractivity contribution in [2.24, 2.45) is 5.41 Å². The summed E-state index contributed by atoms with van der Waals surface area (Å²) >= 11 is 0. The summed E-state index contributed by atoms with van der Waals surface area (Å²) in [6.07, 6.45) is 2.32. The van der Waals surface area contributed by atoms with E-state index in [1.165, 1.54) is 12.3 Å². The largest absolute Gasteiger partial charge is 0.444 e. The lowest BCUT2D eigenvalue weighted by Gasteiger charge is -2.33. The summed E-state index contributed by atoms with van der Waals surface area (Å²) in [6.45, 7) is 11.7. The third-order valence-corrected chi connectivity index (χ3v) is 5.59. The first-order chi connectivity index (χ1) is 15.3. The Balaban J connectivity index is 1.76. The van der Waals surface area contributed by atoms with Crippen molar-refractivity contribution < 1.29 is 19.1 Å². The third kappa shape index (κ3) is 5.80. The van der Waals surface area contributed by atoms with E-state index in [1.807, 2.05) is 20.8 Å². The summed E-state index contributed by atoms with van der Waals surface area (Å²) < 4.78 is 7.01. The Morgan fingerprint density at radius 1 is 1.15 bits per heavy atom. The van der Waals surface area contributed by atoms with Crippen LogP contribution in [-0.2, 0) is 9.53 Å². The third-order valence-electron chi connectivity index (χ3n) is 5.59. The highest BCUT2D eigenvalue weighted by atomic mass is 16.6. The zero-order valence-corrected chi connectivity index (χ0v) is 20.2. The van der Waals surface area contributed by atoms with E-state index in [0.29, 0.717) is 31.6 Å². The molecule has 2 amide bonds. The van der Waals surface area contributed by atoms with E-state index in [1.54, 1.807) is 30.2 Å². The molecule has 3 rings (SSSR count). The van der Waals surface area contributed by atoms with Crippen molar-refractivity contribution in [3.8, 4) is 0 Å². The van der Waals surface area contributed by atoms with Gasteiger partial charge in [-0.3, -0.25) is 14.4 Å². The van der Waals surface area contributed by atoms with Crippen molar-refractivity contribution in [3.05, 3.63) is 33.9 Å². The normalized spacial score (nSPS) is 15.5. The fraction of sp³-hybridized carbons (Fsp3) is 0.609. The fourth-order valence-corrected chi connectivity index (χ4v) is 3.67. The van der Waals surface area contributed by atoms with Gasteiger partial charge in [0.1, 0.15) is 16.8 Å². The van der Waals surface area contributed by atoms with Gasteiger partial charge in [-0.15, -0.1) is 0 Å². The molecule has 10 heteroatoms. The number of hydrogen-bond acceptors (Lipinski definition) is 6. The number of piperidine rings is 1. The van der Waals surface area contributed by atoms with E-state index < -0.39 is 16.9 Å². The van der Waals surface area contributed by atoms with Crippen LogP contribution in [0.4, 0.5) is 4.79 Å². The minimum absolute atomic E-state index is 0.00762. The van der Waals surface area contributed by atoms with Gasteiger partial charge in [-0.25, -0.2) is 9.31 Å². The number of carbonyl (C=O) groups excluding carboxylic acids is 3. The van der Waals surface area contributed by atoms with Gasteiger partial charge < -0.3 is 19.9 Å². The molecular formula is C23H33N5O5. The summed E-state index contributed by atoms with van der Waals surface area (Å²) in [5, 5.41) is 6.95. The smallest absolute Gasteiger partial charge is 0.410 e. The van der Waals surface area contributed by atoms with Gasteiger partial charge in [0.15, 0.2) is 5.78 Å². The average molecular weight is 460 g/mol. The lowest BCUT2D eigenvalue weighted by atomic mass is 9.91. The molecule has 0 saturated carbocycles. The van der Waals surface area contributed by atoms with Crippen LogP contribution in [0.5, 0.6) is 0 Å². The molecule has 0 atom stereocenters. The number of ether oxygens (including phenoxy) is 1. The quantitative estimate of drug-likeness (QED) is 0.723. The van der Waals surface area contributed by atoms with E-state index in [-0.39, 0.29) is 41.1 Å². The highest BCUT2D eigenvalue weighted by Crippen LogP contribution is 2.28. The molecule has 1 saturated heterocycles. The van der Waals surface area contributed by atoms with Gasteiger partial charge in [0.25, 0.3) is 11.5 Å². The van der Waals surface area contributed by atoms with Crippen LogP contribution >= 0.6 is 0 Å². The van der Waals surface area contributed by atoms with Crippen molar-refractivity contribution in [2.75, 3.05) is 19.6 Å². The van der Waals surface area contributed by atoms with Crippen LogP contribution in [0.15, 0.2) is 17.1 Å². The summed E-state index contributed by atoms with van der Waals surface area (Å²) in [5.74, 6) is -0.583. The second-order valence-electron chi connectivity index (χ2n) is 10.5. The van der Waals surface area contributed by atoms with Crippen LogP contribution in [0.2, 0.25) is 0 Å². The number of aromatic nitrogens is 3. The number of hydrogen-bond donors (Lipinski definition) is 2. The molecular weight excluding hydrogens is 426 g/mol. The second kappa shape index (κ2) is 8.99. The van der Waals surface area contributed by atoms with Crippen molar-refractivity contribution in [1.29, 1.82) is 0 Å². The molecule has 0 aliphatic carbocycles. The number of nitrogens with zero attached hydrogens (tertiary/aromatic N) is 3. The Morgan fingerprint density at radius 3 is 2.36 bits per heavy atom. The van der Waals surface area contributed by atoms with E-state index in [2.05, 4.69) is 15.4 Å². The van der Waals surface area contributed by atoms with Crippen LogP contribution in [-0.4, -0.2) is 62.5 Å². The number of H-pyrrole nitrogens is 1.